The number of alkyl halides is 3. The van der Waals surface area contributed by atoms with Crippen molar-refractivity contribution in [1.29, 1.82) is 0 Å². The maximum atomic E-state index is 11.5. The maximum absolute atomic E-state index is 11.5. The zero-order chi connectivity index (χ0) is 6.73. The predicted molar refractivity (Wildman–Crippen MR) is 24.8 cm³/mol. The van der Waals surface area contributed by atoms with Crippen LogP contribution in [-0.4, -0.2) is 17.3 Å². The molecule has 0 heterocycles. The van der Waals surface area contributed by atoms with E-state index in [0.717, 1.165) is 0 Å². The lowest BCUT2D eigenvalue weighted by molar-refractivity contribution is -0.119. The van der Waals surface area contributed by atoms with Gasteiger partial charge >= 0.3 is 0 Å². The molecule has 0 aromatic heterocycles. The topological polar surface area (TPSA) is 17.1 Å². The number of carbonyl (C=O) groups is 1. The fraction of sp³-hybridized carbons (Fsp3) is 0.667. The first-order valence-electron chi connectivity index (χ1n) is 1.67. The number of halogens is 4. The molecule has 0 radical (unpaired) electrons. The number of rotatable bonds is 2. The van der Waals surface area contributed by atoms with Crippen LogP contribution >= 0.6 is 15.9 Å². The van der Waals surface area contributed by atoms with E-state index < -0.39 is 17.3 Å². The minimum Gasteiger partial charge on any atom is -0.283 e. The molecule has 0 amide bonds. The third-order valence-corrected chi connectivity index (χ3v) is 0.875. The van der Waals surface area contributed by atoms with E-state index in [1.54, 1.807) is 0 Å². The molecule has 1 atom stereocenters. The Morgan fingerprint density at radius 1 is 1.38 bits per heavy atom. The number of hydrogen-bond donors (Lipinski definition) is 0. The van der Waals surface area contributed by atoms with Crippen LogP contribution in [0.1, 0.15) is 0 Å². The van der Waals surface area contributed by atoms with Crippen LogP contribution < -0.4 is 0 Å². The van der Waals surface area contributed by atoms with Crippen LogP contribution in [0.15, 0.2) is 0 Å². The van der Waals surface area contributed by atoms with Crippen molar-refractivity contribution in [3.05, 3.63) is 0 Å². The lowest BCUT2D eigenvalue weighted by Crippen LogP contribution is -2.18. The molecule has 0 aromatic rings. The number of carbonyl (C=O) groups excluding carboxylic acids is 1. The lowest BCUT2D eigenvalue weighted by atomic mass is 10.5. The molecule has 0 spiro atoms. The molecule has 0 aliphatic heterocycles. The molecular weight excluding hydrogens is 189 g/mol. The molecular formula is C3H2BrF3O. The second-order valence-electron chi connectivity index (χ2n) is 1.04. The van der Waals surface area contributed by atoms with Crippen molar-refractivity contribution in [1.82, 2.24) is 0 Å². The van der Waals surface area contributed by atoms with Gasteiger partial charge < -0.3 is 0 Å². The standard InChI is InChI=1S/C3H2BrF3O/c4-2(8)1(5)3(6)7/h1,3H. The molecule has 0 bridgehead atoms. The molecule has 0 N–H and O–H groups in total. The molecule has 0 saturated heterocycles. The van der Waals surface area contributed by atoms with Gasteiger partial charge in [-0.2, -0.15) is 0 Å². The van der Waals surface area contributed by atoms with Gasteiger partial charge in [-0.25, -0.2) is 13.2 Å². The van der Waals surface area contributed by atoms with Crippen LogP contribution in [0.25, 0.3) is 0 Å². The third kappa shape index (κ3) is 2.30. The zero-order valence-corrected chi connectivity index (χ0v) is 5.16. The number of hydrogen-bond acceptors (Lipinski definition) is 1. The van der Waals surface area contributed by atoms with Gasteiger partial charge in [-0.3, -0.25) is 4.79 Å². The molecule has 0 aliphatic rings. The van der Waals surface area contributed by atoms with Gasteiger partial charge in [-0.1, -0.05) is 0 Å². The van der Waals surface area contributed by atoms with Crippen molar-refractivity contribution >= 4 is 20.6 Å². The van der Waals surface area contributed by atoms with Gasteiger partial charge in [0.05, 0.1) is 0 Å². The smallest absolute Gasteiger partial charge is 0.277 e. The first kappa shape index (κ1) is 7.94. The van der Waals surface area contributed by atoms with Gasteiger partial charge in [0.25, 0.3) is 6.43 Å². The van der Waals surface area contributed by atoms with Crippen LogP contribution in [0.3, 0.4) is 0 Å². The van der Waals surface area contributed by atoms with Crippen molar-refractivity contribution in [2.24, 2.45) is 0 Å². The second kappa shape index (κ2) is 3.06. The maximum Gasteiger partial charge on any atom is 0.277 e. The molecule has 0 aromatic carbocycles. The quantitative estimate of drug-likeness (QED) is 0.604. The molecule has 0 saturated carbocycles. The molecule has 0 fully saturated rings. The largest absolute Gasteiger partial charge is 0.283 e. The molecule has 5 heteroatoms. The minimum atomic E-state index is -3.22. The average Bonchev–Trinajstić information content (AvgIpc) is 1.64. The Labute approximate surface area is 52.0 Å². The fourth-order valence-electron chi connectivity index (χ4n) is 0.0991. The highest BCUT2D eigenvalue weighted by Crippen LogP contribution is 2.08. The van der Waals surface area contributed by atoms with E-state index in [2.05, 4.69) is 0 Å². The Balaban J connectivity index is 3.64. The normalized spacial score (nSPS) is 14.1. The summed E-state index contributed by atoms with van der Waals surface area (Å²) >= 11 is 2.05. The summed E-state index contributed by atoms with van der Waals surface area (Å²) < 4.78 is 32.3. The molecule has 1 unspecified atom stereocenters. The van der Waals surface area contributed by atoms with E-state index >= 15 is 0 Å². The Morgan fingerprint density at radius 3 is 1.75 bits per heavy atom. The molecule has 0 rings (SSSR count). The Bertz CT molecular complexity index is 94.5. The SMILES string of the molecule is O=C(Br)C(F)C(F)F. The van der Waals surface area contributed by atoms with E-state index in [1.165, 1.54) is 0 Å². The lowest BCUT2D eigenvalue weighted by Gasteiger charge is -1.97. The van der Waals surface area contributed by atoms with Crippen LogP contribution in [-0.2, 0) is 4.79 Å². The summed E-state index contributed by atoms with van der Waals surface area (Å²) in [5, 5.41) is 0. The van der Waals surface area contributed by atoms with Gasteiger partial charge in [-0.15, -0.1) is 0 Å². The minimum absolute atomic E-state index is 1.31. The summed E-state index contributed by atoms with van der Waals surface area (Å²) in [5.74, 6) is 0. The monoisotopic (exact) mass is 190 g/mol. The van der Waals surface area contributed by atoms with Crippen molar-refractivity contribution < 1.29 is 18.0 Å². The highest BCUT2D eigenvalue weighted by Gasteiger charge is 2.24. The van der Waals surface area contributed by atoms with Crippen LogP contribution in [0, 0.1) is 0 Å². The first-order valence-corrected chi connectivity index (χ1v) is 2.46. The summed E-state index contributed by atoms with van der Waals surface area (Å²) in [6, 6.07) is 0. The van der Waals surface area contributed by atoms with E-state index in [-0.39, 0.29) is 0 Å². The molecule has 1 nitrogen and oxygen atoms in total. The fourth-order valence-corrected chi connectivity index (χ4v) is 0.299. The summed E-state index contributed by atoms with van der Waals surface area (Å²) in [5.41, 5.74) is 0. The van der Waals surface area contributed by atoms with Crippen LogP contribution in [0.2, 0.25) is 0 Å². The average molecular weight is 191 g/mol. The predicted octanol–water partition coefficient (Wildman–Crippen LogP) is 1.51. The van der Waals surface area contributed by atoms with E-state index in [4.69, 9.17) is 0 Å². The zero-order valence-electron chi connectivity index (χ0n) is 3.57. The van der Waals surface area contributed by atoms with Gasteiger partial charge in [0.15, 0.2) is 0 Å². The molecule has 48 valence electrons. The van der Waals surface area contributed by atoms with E-state index in [9.17, 15) is 18.0 Å². The van der Waals surface area contributed by atoms with Crippen molar-refractivity contribution in [2.45, 2.75) is 12.6 Å². The highest BCUT2D eigenvalue weighted by molar-refractivity contribution is 9.18. The Morgan fingerprint density at radius 2 is 1.75 bits per heavy atom. The molecule has 0 aliphatic carbocycles. The van der Waals surface area contributed by atoms with Crippen molar-refractivity contribution in [2.75, 3.05) is 0 Å². The van der Waals surface area contributed by atoms with Gasteiger partial charge in [0.2, 0.25) is 10.9 Å². The first-order chi connectivity index (χ1) is 3.55. The summed E-state index contributed by atoms with van der Waals surface area (Å²) in [7, 11) is 0. The summed E-state index contributed by atoms with van der Waals surface area (Å²) in [6.07, 6.45) is -5.91. The van der Waals surface area contributed by atoms with Gasteiger partial charge in [0.1, 0.15) is 0 Å². The second-order valence-corrected chi connectivity index (χ2v) is 1.82. The van der Waals surface area contributed by atoms with Gasteiger partial charge in [0, 0.05) is 0 Å². The Hall–Kier alpha value is -0.0600. The summed E-state index contributed by atoms with van der Waals surface area (Å²) in [4.78, 5) is 9.65. The van der Waals surface area contributed by atoms with Crippen LogP contribution in [0.4, 0.5) is 13.2 Å². The summed E-state index contributed by atoms with van der Waals surface area (Å²) in [6.45, 7) is 0. The van der Waals surface area contributed by atoms with Crippen LogP contribution in [0.5, 0.6) is 0 Å². The van der Waals surface area contributed by atoms with Crippen molar-refractivity contribution in [3.63, 3.8) is 0 Å². The van der Waals surface area contributed by atoms with E-state index in [0.29, 0.717) is 0 Å². The van der Waals surface area contributed by atoms with Crippen molar-refractivity contribution in [3.8, 4) is 0 Å². The third-order valence-electron chi connectivity index (χ3n) is 0.438. The molecule has 8 heavy (non-hydrogen) atoms. The highest BCUT2D eigenvalue weighted by atomic mass is 79.9. The van der Waals surface area contributed by atoms with E-state index in [1.807, 2.05) is 15.9 Å². The van der Waals surface area contributed by atoms with Gasteiger partial charge in [-0.05, 0) is 15.9 Å². The Kier molecular flexibility index (Phi) is 3.04.